The molecular formula is C18H19N3OS2. The third-order valence-electron chi connectivity index (χ3n) is 4.02. The zero-order valence-corrected chi connectivity index (χ0v) is 15.1. The van der Waals surface area contributed by atoms with Crippen molar-refractivity contribution in [2.45, 2.75) is 19.6 Å². The molecule has 1 aromatic carbocycles. The van der Waals surface area contributed by atoms with Crippen molar-refractivity contribution in [2.24, 2.45) is 0 Å². The summed E-state index contributed by atoms with van der Waals surface area (Å²) in [5.41, 5.74) is 2.26. The van der Waals surface area contributed by atoms with Gasteiger partial charge >= 0.3 is 0 Å². The number of nitrogens with zero attached hydrogens (tertiary/aromatic N) is 3. The maximum absolute atomic E-state index is 5.91. The molecule has 4 nitrogen and oxygen atoms in total. The summed E-state index contributed by atoms with van der Waals surface area (Å²) >= 11 is 3.47. The molecule has 4 rings (SSSR count). The van der Waals surface area contributed by atoms with Gasteiger partial charge in [0.1, 0.15) is 16.1 Å². The molecule has 1 aliphatic heterocycles. The molecule has 1 fully saturated rings. The van der Waals surface area contributed by atoms with Gasteiger partial charge in [0.25, 0.3) is 0 Å². The minimum atomic E-state index is 0.0963. The molecule has 0 saturated carbocycles. The average Bonchev–Trinajstić information content (AvgIpc) is 3.25. The maximum Gasteiger partial charge on any atom is 0.123 e. The summed E-state index contributed by atoms with van der Waals surface area (Å²) in [7, 11) is 0. The van der Waals surface area contributed by atoms with Gasteiger partial charge in [0, 0.05) is 47.3 Å². The van der Waals surface area contributed by atoms with Gasteiger partial charge in [-0.2, -0.15) is 0 Å². The Hall–Kier alpha value is -1.60. The molecule has 124 valence electrons. The van der Waals surface area contributed by atoms with Crippen LogP contribution < -0.4 is 0 Å². The fourth-order valence-corrected chi connectivity index (χ4v) is 4.63. The third kappa shape index (κ3) is 3.57. The van der Waals surface area contributed by atoms with Gasteiger partial charge in [0.05, 0.1) is 6.61 Å². The lowest BCUT2D eigenvalue weighted by atomic mass is 10.2. The van der Waals surface area contributed by atoms with Crippen LogP contribution in [0.25, 0.3) is 10.6 Å². The Balaban J connectivity index is 1.43. The Morgan fingerprint density at radius 3 is 2.96 bits per heavy atom. The Kier molecular flexibility index (Phi) is 4.71. The maximum atomic E-state index is 5.91. The Morgan fingerprint density at radius 2 is 2.17 bits per heavy atom. The van der Waals surface area contributed by atoms with Crippen LogP contribution in [0.3, 0.4) is 0 Å². The van der Waals surface area contributed by atoms with Crippen LogP contribution in [0.1, 0.15) is 21.7 Å². The van der Waals surface area contributed by atoms with Crippen LogP contribution in [0.5, 0.6) is 0 Å². The second-order valence-electron chi connectivity index (χ2n) is 5.92. The lowest BCUT2D eigenvalue weighted by Crippen LogP contribution is -2.37. The second kappa shape index (κ2) is 7.11. The molecule has 0 radical (unpaired) electrons. The van der Waals surface area contributed by atoms with Crippen molar-refractivity contribution >= 4 is 22.7 Å². The molecule has 0 unspecified atom stereocenters. The fraction of sp³-hybridized carbons (Fsp3) is 0.333. The van der Waals surface area contributed by atoms with Gasteiger partial charge in [-0.25, -0.2) is 9.97 Å². The van der Waals surface area contributed by atoms with E-state index in [1.54, 1.807) is 22.7 Å². The predicted octanol–water partition coefficient (Wildman–Crippen LogP) is 4.15. The highest BCUT2D eigenvalue weighted by atomic mass is 32.1. The molecule has 1 aliphatic rings. The fourth-order valence-electron chi connectivity index (χ4n) is 2.83. The van der Waals surface area contributed by atoms with E-state index in [4.69, 9.17) is 4.74 Å². The monoisotopic (exact) mass is 357 g/mol. The average molecular weight is 358 g/mol. The number of thiazole rings is 2. The molecule has 0 bridgehead atoms. The van der Waals surface area contributed by atoms with E-state index in [9.17, 15) is 0 Å². The topological polar surface area (TPSA) is 38.2 Å². The van der Waals surface area contributed by atoms with Gasteiger partial charge in [0.2, 0.25) is 0 Å². The molecule has 3 aromatic rings. The summed E-state index contributed by atoms with van der Waals surface area (Å²) in [6.45, 7) is 5.57. The van der Waals surface area contributed by atoms with E-state index in [-0.39, 0.29) is 6.10 Å². The van der Waals surface area contributed by atoms with Crippen LogP contribution in [0.4, 0.5) is 0 Å². The first-order chi connectivity index (χ1) is 11.8. The van der Waals surface area contributed by atoms with E-state index >= 15 is 0 Å². The van der Waals surface area contributed by atoms with Crippen LogP contribution in [-0.2, 0) is 11.3 Å². The number of morpholine rings is 1. The van der Waals surface area contributed by atoms with E-state index in [1.807, 2.05) is 19.2 Å². The predicted molar refractivity (Wildman–Crippen MR) is 98.4 cm³/mol. The summed E-state index contributed by atoms with van der Waals surface area (Å²) in [5.74, 6) is 0. The molecule has 1 atom stereocenters. The molecule has 0 N–H and O–H groups in total. The first-order valence-electron chi connectivity index (χ1n) is 8.04. The summed E-state index contributed by atoms with van der Waals surface area (Å²) in [4.78, 5) is 12.9. The normalized spacial score (nSPS) is 18.8. The van der Waals surface area contributed by atoms with Gasteiger partial charge in [-0.05, 0) is 6.92 Å². The van der Waals surface area contributed by atoms with Gasteiger partial charge in [-0.3, -0.25) is 4.90 Å². The summed E-state index contributed by atoms with van der Waals surface area (Å²) in [6, 6.07) is 10.4. The number of benzene rings is 1. The van der Waals surface area contributed by atoms with Crippen molar-refractivity contribution in [3.8, 4) is 10.6 Å². The molecule has 2 aromatic heterocycles. The number of rotatable bonds is 4. The second-order valence-corrected chi connectivity index (χ2v) is 7.92. The minimum Gasteiger partial charge on any atom is -0.368 e. The van der Waals surface area contributed by atoms with Crippen molar-refractivity contribution in [1.29, 1.82) is 0 Å². The molecule has 6 heteroatoms. The van der Waals surface area contributed by atoms with Gasteiger partial charge in [-0.1, -0.05) is 30.3 Å². The van der Waals surface area contributed by atoms with E-state index in [2.05, 4.69) is 44.5 Å². The number of ether oxygens (including phenoxy) is 1. The summed E-state index contributed by atoms with van der Waals surface area (Å²) in [6.07, 6.45) is 2.10. The lowest BCUT2D eigenvalue weighted by Gasteiger charge is -2.31. The SMILES string of the molecule is Cc1csc([C@H]2CN(Cc3cnc(-c4ccccc4)s3)CCO2)n1. The molecule has 0 aliphatic carbocycles. The first-order valence-corrected chi connectivity index (χ1v) is 9.73. The van der Waals surface area contributed by atoms with Crippen molar-refractivity contribution in [3.63, 3.8) is 0 Å². The summed E-state index contributed by atoms with van der Waals surface area (Å²) in [5, 5.41) is 4.27. The van der Waals surface area contributed by atoms with Crippen LogP contribution in [0.2, 0.25) is 0 Å². The largest absolute Gasteiger partial charge is 0.368 e. The molecule has 3 heterocycles. The Labute approximate surface area is 149 Å². The lowest BCUT2D eigenvalue weighted by molar-refractivity contribution is -0.0327. The zero-order chi connectivity index (χ0) is 16.4. The van der Waals surface area contributed by atoms with Crippen molar-refractivity contribution in [1.82, 2.24) is 14.9 Å². The molecule has 0 amide bonds. The Bertz CT molecular complexity index is 799. The van der Waals surface area contributed by atoms with Gasteiger partial charge < -0.3 is 4.74 Å². The highest BCUT2D eigenvalue weighted by Gasteiger charge is 2.24. The van der Waals surface area contributed by atoms with E-state index < -0.39 is 0 Å². The van der Waals surface area contributed by atoms with Crippen LogP contribution >= 0.6 is 22.7 Å². The highest BCUT2D eigenvalue weighted by Crippen LogP contribution is 2.29. The third-order valence-corrected chi connectivity index (χ3v) is 6.10. The zero-order valence-electron chi connectivity index (χ0n) is 13.5. The molecule has 0 spiro atoms. The minimum absolute atomic E-state index is 0.0963. The van der Waals surface area contributed by atoms with Crippen molar-refractivity contribution in [3.05, 3.63) is 57.5 Å². The molecular weight excluding hydrogens is 338 g/mol. The van der Waals surface area contributed by atoms with Crippen molar-refractivity contribution < 1.29 is 4.74 Å². The van der Waals surface area contributed by atoms with Crippen LogP contribution in [0.15, 0.2) is 41.9 Å². The summed E-state index contributed by atoms with van der Waals surface area (Å²) < 4.78 is 5.91. The van der Waals surface area contributed by atoms with E-state index in [0.29, 0.717) is 0 Å². The van der Waals surface area contributed by atoms with Crippen LogP contribution in [0, 0.1) is 6.92 Å². The smallest absolute Gasteiger partial charge is 0.123 e. The van der Waals surface area contributed by atoms with Gasteiger partial charge in [-0.15, -0.1) is 22.7 Å². The quantitative estimate of drug-likeness (QED) is 0.703. The standard InChI is InChI=1S/C18H19N3OS2/c1-13-12-23-18(20-13)16-11-21(7-8-22-16)10-15-9-19-17(24-15)14-5-3-2-4-6-14/h2-6,9,12,16H,7-8,10-11H2,1H3/t16-/m1/s1. The number of aromatic nitrogens is 2. The van der Waals surface area contributed by atoms with E-state index in [0.717, 1.165) is 42.0 Å². The number of hydrogen-bond donors (Lipinski definition) is 0. The number of aryl methyl sites for hydroxylation is 1. The van der Waals surface area contributed by atoms with Crippen LogP contribution in [-0.4, -0.2) is 34.6 Å². The number of hydrogen-bond acceptors (Lipinski definition) is 6. The molecule has 24 heavy (non-hydrogen) atoms. The van der Waals surface area contributed by atoms with E-state index in [1.165, 1.54) is 10.4 Å². The molecule has 1 saturated heterocycles. The Morgan fingerprint density at radius 1 is 1.29 bits per heavy atom. The highest BCUT2D eigenvalue weighted by molar-refractivity contribution is 7.15. The first kappa shape index (κ1) is 15.9. The van der Waals surface area contributed by atoms with Gasteiger partial charge in [0.15, 0.2) is 0 Å². The van der Waals surface area contributed by atoms with Crippen molar-refractivity contribution in [2.75, 3.05) is 19.7 Å².